The number of aliphatic carboxylic acids is 1. The summed E-state index contributed by atoms with van der Waals surface area (Å²) in [6.07, 6.45) is 7.81. The molecular formula is C30H34F2N4O3. The zero-order valence-electron chi connectivity index (χ0n) is 22.0. The highest BCUT2D eigenvalue weighted by Gasteiger charge is 2.34. The number of fused-ring (bicyclic) bond motifs is 1. The summed E-state index contributed by atoms with van der Waals surface area (Å²) in [4.78, 5) is 29.8. The number of para-hydroxylation sites is 1. The molecule has 5 rings (SSSR count). The van der Waals surface area contributed by atoms with Crippen LogP contribution in [0.4, 0.5) is 8.78 Å². The molecule has 0 aliphatic carbocycles. The predicted octanol–water partition coefficient (Wildman–Crippen LogP) is 4.84. The number of carbonyl (C=O) groups is 2. The van der Waals surface area contributed by atoms with E-state index < -0.39 is 23.6 Å². The van der Waals surface area contributed by atoms with Crippen LogP contribution in [-0.2, 0) is 9.59 Å². The van der Waals surface area contributed by atoms with Crippen molar-refractivity contribution in [2.75, 3.05) is 26.2 Å². The maximum atomic E-state index is 13.8. The molecule has 9 heteroatoms. The maximum absolute atomic E-state index is 13.8. The van der Waals surface area contributed by atoms with Crippen molar-refractivity contribution in [1.29, 1.82) is 0 Å². The van der Waals surface area contributed by atoms with Crippen LogP contribution < -0.4 is 5.43 Å². The van der Waals surface area contributed by atoms with Crippen LogP contribution in [0.25, 0.3) is 17.0 Å². The van der Waals surface area contributed by atoms with Crippen molar-refractivity contribution in [1.82, 2.24) is 20.3 Å². The lowest BCUT2D eigenvalue weighted by Gasteiger charge is -2.38. The molecule has 3 aromatic rings. The average Bonchev–Trinajstić information content (AvgIpc) is 3.38. The number of likely N-dealkylation sites (tertiary alicyclic amines) is 1. The van der Waals surface area contributed by atoms with Gasteiger partial charge in [0.25, 0.3) is 0 Å². The van der Waals surface area contributed by atoms with Crippen molar-refractivity contribution in [3.8, 4) is 0 Å². The maximum Gasteiger partial charge on any atom is 0.322 e. The minimum atomic E-state index is -0.887. The van der Waals surface area contributed by atoms with E-state index in [1.165, 1.54) is 42.2 Å². The smallest absolute Gasteiger partial charge is 0.322 e. The fraction of sp³-hybridized carbons (Fsp3) is 0.400. The Morgan fingerprint density at radius 2 is 1.72 bits per heavy atom. The van der Waals surface area contributed by atoms with Gasteiger partial charge in [0, 0.05) is 54.9 Å². The topological polar surface area (TPSA) is 88.7 Å². The Morgan fingerprint density at radius 1 is 1.05 bits per heavy atom. The number of carboxylic acids is 1. The molecule has 39 heavy (non-hydrogen) atoms. The lowest BCUT2D eigenvalue weighted by atomic mass is 9.88. The fourth-order valence-electron chi connectivity index (χ4n) is 5.80. The highest BCUT2D eigenvalue weighted by atomic mass is 19.1. The molecule has 1 unspecified atom stereocenters. The molecule has 3 N–H and O–H groups in total. The number of aromatic nitrogens is 1. The largest absolute Gasteiger partial charge is 0.480 e. The van der Waals surface area contributed by atoms with Crippen molar-refractivity contribution in [3.63, 3.8) is 0 Å². The van der Waals surface area contributed by atoms with E-state index in [1.807, 2.05) is 11.1 Å². The van der Waals surface area contributed by atoms with Gasteiger partial charge >= 0.3 is 5.97 Å². The first-order chi connectivity index (χ1) is 18.8. The van der Waals surface area contributed by atoms with Gasteiger partial charge in [0.05, 0.1) is 0 Å². The minimum absolute atomic E-state index is 0.0548. The van der Waals surface area contributed by atoms with Crippen LogP contribution in [0.3, 0.4) is 0 Å². The van der Waals surface area contributed by atoms with Crippen molar-refractivity contribution < 1.29 is 23.5 Å². The lowest BCUT2D eigenvalue weighted by molar-refractivity contribution is -0.144. The van der Waals surface area contributed by atoms with E-state index in [0.717, 1.165) is 31.4 Å². The number of carbonyl (C=O) groups excluding carboxylic acids is 1. The summed E-state index contributed by atoms with van der Waals surface area (Å²) < 4.78 is 27.6. The third-order valence-electron chi connectivity index (χ3n) is 8.19. The van der Waals surface area contributed by atoms with Crippen LogP contribution >= 0.6 is 0 Å². The third kappa shape index (κ3) is 6.04. The highest BCUT2D eigenvalue weighted by molar-refractivity contribution is 5.92. The number of piperidine rings is 2. The van der Waals surface area contributed by atoms with E-state index >= 15 is 0 Å². The van der Waals surface area contributed by atoms with Crippen LogP contribution in [0.1, 0.15) is 48.3 Å². The second-order valence-corrected chi connectivity index (χ2v) is 10.6. The zero-order chi connectivity index (χ0) is 27.5. The van der Waals surface area contributed by atoms with E-state index in [4.69, 9.17) is 0 Å². The van der Waals surface area contributed by atoms with E-state index in [-0.39, 0.29) is 23.0 Å². The summed E-state index contributed by atoms with van der Waals surface area (Å²) >= 11 is 0. The highest BCUT2D eigenvalue weighted by Crippen LogP contribution is 2.33. The molecule has 3 heterocycles. The number of halogens is 2. The normalized spacial score (nSPS) is 18.7. The molecule has 1 atom stereocenters. The first-order valence-corrected chi connectivity index (χ1v) is 13.5. The van der Waals surface area contributed by atoms with Gasteiger partial charge in [-0.3, -0.25) is 9.59 Å². The van der Waals surface area contributed by atoms with Gasteiger partial charge in [0.2, 0.25) is 5.91 Å². The van der Waals surface area contributed by atoms with Gasteiger partial charge in [-0.05, 0) is 79.8 Å². The van der Waals surface area contributed by atoms with Crippen LogP contribution in [0.15, 0.2) is 48.7 Å². The molecule has 2 aliphatic rings. The van der Waals surface area contributed by atoms with Gasteiger partial charge in [-0.15, -0.1) is 0 Å². The van der Waals surface area contributed by atoms with Crippen LogP contribution in [-0.4, -0.2) is 64.1 Å². The van der Waals surface area contributed by atoms with Crippen molar-refractivity contribution >= 4 is 28.9 Å². The number of aromatic amines is 1. The van der Waals surface area contributed by atoms with Gasteiger partial charge in [-0.1, -0.05) is 18.2 Å². The second-order valence-electron chi connectivity index (χ2n) is 10.6. The minimum Gasteiger partial charge on any atom is -0.480 e. The van der Waals surface area contributed by atoms with Crippen molar-refractivity contribution in [2.45, 2.75) is 44.6 Å². The van der Waals surface area contributed by atoms with Gasteiger partial charge in [-0.25, -0.2) is 19.2 Å². The summed E-state index contributed by atoms with van der Waals surface area (Å²) in [6, 6.07) is 9.96. The summed E-state index contributed by atoms with van der Waals surface area (Å²) in [5.41, 5.74) is 5.96. The van der Waals surface area contributed by atoms with Gasteiger partial charge in [-0.2, -0.15) is 0 Å². The molecule has 206 valence electrons. The van der Waals surface area contributed by atoms with E-state index in [1.54, 1.807) is 4.90 Å². The quantitative estimate of drug-likeness (QED) is 0.376. The number of amides is 1. The number of carboxylic acid groups (broad SMARTS) is 1. The number of hydrazine groups is 1. The Hall–Kier alpha value is -3.56. The number of rotatable bonds is 7. The molecule has 0 spiro atoms. The molecule has 0 radical (unpaired) electrons. The zero-order valence-corrected chi connectivity index (χ0v) is 22.0. The Morgan fingerprint density at radius 3 is 2.38 bits per heavy atom. The molecule has 1 aromatic heterocycles. The summed E-state index contributed by atoms with van der Waals surface area (Å²) in [7, 11) is 0. The summed E-state index contributed by atoms with van der Waals surface area (Å²) in [6.45, 7) is 3.74. The fourth-order valence-corrected chi connectivity index (χ4v) is 5.80. The first kappa shape index (κ1) is 27.0. The molecule has 7 nitrogen and oxygen atoms in total. The van der Waals surface area contributed by atoms with Crippen molar-refractivity contribution in [3.05, 3.63) is 77.0 Å². The summed E-state index contributed by atoms with van der Waals surface area (Å²) in [5, 5.41) is 13.3. The molecule has 0 saturated carbocycles. The molecule has 2 aliphatic heterocycles. The number of nitrogens with zero attached hydrogens (tertiary/aromatic N) is 2. The third-order valence-corrected chi connectivity index (χ3v) is 8.19. The van der Waals surface area contributed by atoms with Crippen LogP contribution in [0, 0.1) is 24.5 Å². The number of nitrogens with one attached hydrogen (secondary N) is 2. The second kappa shape index (κ2) is 11.7. The van der Waals surface area contributed by atoms with E-state index in [2.05, 4.69) is 34.8 Å². The number of benzene rings is 2. The monoisotopic (exact) mass is 536 g/mol. The SMILES string of the molecule is Cc1c(F)cc(/C=C/C(=O)N2CCC(C(NN3CCC(c4c[nH]c5ccccc45)CC3)C(=O)O)CC2)cc1F. The van der Waals surface area contributed by atoms with Crippen LogP contribution in [0.5, 0.6) is 0 Å². The molecule has 0 bridgehead atoms. The number of hydrogen-bond acceptors (Lipinski definition) is 4. The van der Waals surface area contributed by atoms with E-state index in [9.17, 15) is 23.5 Å². The predicted molar refractivity (Wildman–Crippen MR) is 146 cm³/mol. The Balaban J connectivity index is 1.13. The number of hydrogen-bond donors (Lipinski definition) is 3. The number of H-pyrrole nitrogens is 1. The molecule has 2 saturated heterocycles. The molecule has 2 aromatic carbocycles. The summed E-state index contributed by atoms with van der Waals surface area (Å²) in [5.74, 6) is -2.13. The lowest BCUT2D eigenvalue weighted by Crippen LogP contribution is -2.55. The van der Waals surface area contributed by atoms with Gasteiger partial charge in [0.1, 0.15) is 17.7 Å². The molecule has 2 fully saturated rings. The molecular weight excluding hydrogens is 502 g/mol. The van der Waals surface area contributed by atoms with Gasteiger partial charge < -0.3 is 15.0 Å². The standard InChI is InChI=1S/C30H34F2N4O3/c1-19-25(31)16-20(17-26(19)32)6-7-28(37)35-12-8-22(9-13-35)29(30(38)39)34-36-14-10-21(11-15-36)24-18-33-27-5-3-2-4-23(24)27/h2-7,16-18,21-22,29,33-34H,8-15H2,1H3,(H,38,39)/b7-6+. The average molecular weight is 537 g/mol. The van der Waals surface area contributed by atoms with Gasteiger partial charge in [0.15, 0.2) is 0 Å². The van der Waals surface area contributed by atoms with E-state index in [0.29, 0.717) is 31.8 Å². The first-order valence-electron chi connectivity index (χ1n) is 13.5. The molecule has 1 amide bonds. The Bertz CT molecular complexity index is 1350. The van der Waals surface area contributed by atoms with Crippen LogP contribution in [0.2, 0.25) is 0 Å². The van der Waals surface area contributed by atoms with Crippen molar-refractivity contribution in [2.24, 2.45) is 5.92 Å². The Kier molecular flexibility index (Phi) is 8.09. The Labute approximate surface area is 226 Å².